The first-order valence-electron chi connectivity index (χ1n) is 3.39. The normalized spacial score (nSPS) is 10.6. The number of hydrogen-bond donors (Lipinski definition) is 0. The molecule has 2 aromatic rings. The number of hydrogen-bond acceptors (Lipinski definition) is 3. The van der Waals surface area contributed by atoms with Crippen molar-refractivity contribution in [3.8, 4) is 0 Å². The minimum Gasteiger partial charge on any atom is -0.274 e. The summed E-state index contributed by atoms with van der Waals surface area (Å²) >= 11 is 11.1. The first-order valence-corrected chi connectivity index (χ1v) is 4.14. The molecular weight excluding hydrogens is 213 g/mol. The lowest BCUT2D eigenvalue weighted by atomic mass is 10.4. The molecule has 4 nitrogen and oxygen atoms in total. The molecule has 0 bridgehead atoms. The topological polar surface area (TPSA) is 47.3 Å². The van der Waals surface area contributed by atoms with Crippen molar-refractivity contribution in [3.05, 3.63) is 29.2 Å². The van der Waals surface area contributed by atoms with Crippen LogP contribution in [0.3, 0.4) is 0 Å². The molecule has 0 fully saturated rings. The summed E-state index contributed by atoms with van der Waals surface area (Å²) in [6.07, 6.45) is 3.20. The van der Waals surface area contributed by atoms with Gasteiger partial charge in [-0.15, -0.1) is 0 Å². The van der Waals surface area contributed by atoms with Gasteiger partial charge in [0.15, 0.2) is 11.3 Å². The van der Waals surface area contributed by atoms with E-state index in [0.29, 0.717) is 5.65 Å². The van der Waals surface area contributed by atoms with Crippen LogP contribution in [0, 0.1) is 0 Å². The average molecular weight is 216 g/mol. The SMILES string of the molecule is O=C(Cl)c1nn2cccnc2c1Cl. The van der Waals surface area contributed by atoms with Gasteiger partial charge in [0.1, 0.15) is 5.02 Å². The summed E-state index contributed by atoms with van der Waals surface area (Å²) in [5.74, 6) is 0. The molecule has 6 heteroatoms. The molecule has 66 valence electrons. The van der Waals surface area contributed by atoms with E-state index in [9.17, 15) is 4.79 Å². The van der Waals surface area contributed by atoms with E-state index >= 15 is 0 Å². The Balaban J connectivity index is 2.81. The summed E-state index contributed by atoms with van der Waals surface area (Å²) in [5, 5.41) is 3.35. The van der Waals surface area contributed by atoms with E-state index in [4.69, 9.17) is 23.2 Å². The molecule has 0 N–H and O–H groups in total. The predicted octanol–water partition coefficient (Wildman–Crippen LogP) is 1.76. The Morgan fingerprint density at radius 2 is 2.31 bits per heavy atom. The predicted molar refractivity (Wildman–Crippen MR) is 48.2 cm³/mol. The van der Waals surface area contributed by atoms with Crippen molar-refractivity contribution in [2.24, 2.45) is 0 Å². The Kier molecular flexibility index (Phi) is 1.94. The summed E-state index contributed by atoms with van der Waals surface area (Å²) in [4.78, 5) is 14.8. The molecule has 0 aromatic carbocycles. The zero-order chi connectivity index (χ0) is 9.42. The highest BCUT2D eigenvalue weighted by molar-refractivity contribution is 6.68. The fraction of sp³-hybridized carbons (Fsp3) is 0. The number of nitrogens with zero attached hydrogens (tertiary/aromatic N) is 3. The lowest BCUT2D eigenvalue weighted by Crippen LogP contribution is -1.91. The number of carbonyl (C=O) groups excluding carboxylic acids is 1. The summed E-state index contributed by atoms with van der Waals surface area (Å²) in [6, 6.07) is 1.68. The second kappa shape index (κ2) is 2.97. The van der Waals surface area contributed by atoms with Gasteiger partial charge in [-0.25, -0.2) is 9.50 Å². The van der Waals surface area contributed by atoms with Crippen LogP contribution in [-0.2, 0) is 0 Å². The fourth-order valence-corrected chi connectivity index (χ4v) is 1.42. The Morgan fingerprint density at radius 3 is 2.92 bits per heavy atom. The van der Waals surface area contributed by atoms with Gasteiger partial charge in [0.2, 0.25) is 0 Å². The smallest absolute Gasteiger partial charge is 0.274 e. The first-order chi connectivity index (χ1) is 6.20. The molecule has 2 heterocycles. The molecule has 13 heavy (non-hydrogen) atoms. The van der Waals surface area contributed by atoms with E-state index in [2.05, 4.69) is 10.1 Å². The monoisotopic (exact) mass is 215 g/mol. The van der Waals surface area contributed by atoms with Crippen LogP contribution < -0.4 is 0 Å². The van der Waals surface area contributed by atoms with Crippen LogP contribution in [-0.4, -0.2) is 19.8 Å². The Labute approximate surface area is 83.1 Å². The molecule has 0 spiro atoms. The van der Waals surface area contributed by atoms with Gasteiger partial charge in [-0.2, -0.15) is 5.10 Å². The van der Waals surface area contributed by atoms with E-state index in [1.54, 1.807) is 18.5 Å². The highest BCUT2D eigenvalue weighted by Crippen LogP contribution is 2.20. The summed E-state index contributed by atoms with van der Waals surface area (Å²) in [6.45, 7) is 0. The zero-order valence-corrected chi connectivity index (χ0v) is 7.75. The Hall–Kier alpha value is -1.13. The van der Waals surface area contributed by atoms with Gasteiger partial charge in [0.05, 0.1) is 0 Å². The molecule has 2 rings (SSSR count). The lowest BCUT2D eigenvalue weighted by Gasteiger charge is -1.87. The highest BCUT2D eigenvalue weighted by atomic mass is 35.5. The molecule has 0 aliphatic carbocycles. The van der Waals surface area contributed by atoms with Crippen LogP contribution in [0.4, 0.5) is 0 Å². The third kappa shape index (κ3) is 1.28. The van der Waals surface area contributed by atoms with Gasteiger partial charge < -0.3 is 0 Å². The molecule has 0 aliphatic heterocycles. The van der Waals surface area contributed by atoms with Crippen molar-refractivity contribution in [2.75, 3.05) is 0 Å². The first kappa shape index (κ1) is 8.47. The number of carbonyl (C=O) groups is 1. The standard InChI is InChI=1S/C7H3Cl2N3O/c8-4-5(6(9)13)11-12-3-1-2-10-7(4)12/h1-3H. The van der Waals surface area contributed by atoms with E-state index in [1.165, 1.54) is 4.52 Å². The van der Waals surface area contributed by atoms with Crippen molar-refractivity contribution >= 4 is 34.1 Å². The summed E-state index contributed by atoms with van der Waals surface area (Å²) in [5.41, 5.74) is 0.454. The second-order valence-electron chi connectivity index (χ2n) is 2.32. The van der Waals surface area contributed by atoms with Gasteiger partial charge in [0, 0.05) is 12.4 Å². The van der Waals surface area contributed by atoms with Gasteiger partial charge in [-0.05, 0) is 17.7 Å². The molecule has 2 aromatic heterocycles. The van der Waals surface area contributed by atoms with Crippen LogP contribution in [0.2, 0.25) is 5.02 Å². The zero-order valence-electron chi connectivity index (χ0n) is 6.24. The van der Waals surface area contributed by atoms with Crippen LogP contribution in [0.1, 0.15) is 10.5 Å². The maximum Gasteiger partial charge on any atom is 0.274 e. The number of halogens is 2. The summed E-state index contributed by atoms with van der Waals surface area (Å²) in [7, 11) is 0. The third-order valence-corrected chi connectivity index (χ3v) is 2.05. The van der Waals surface area contributed by atoms with Gasteiger partial charge in [-0.1, -0.05) is 11.6 Å². The molecule has 0 aliphatic rings. The molecule has 0 unspecified atom stereocenters. The Morgan fingerprint density at radius 1 is 1.54 bits per heavy atom. The van der Waals surface area contributed by atoms with Crippen molar-refractivity contribution in [1.29, 1.82) is 0 Å². The molecule has 0 amide bonds. The second-order valence-corrected chi connectivity index (χ2v) is 3.05. The highest BCUT2D eigenvalue weighted by Gasteiger charge is 2.16. The quantitative estimate of drug-likeness (QED) is 0.682. The Bertz CT molecular complexity index is 480. The van der Waals surface area contributed by atoms with Crippen molar-refractivity contribution < 1.29 is 4.79 Å². The molecule has 0 radical (unpaired) electrons. The van der Waals surface area contributed by atoms with Crippen LogP contribution in [0.15, 0.2) is 18.5 Å². The molecule has 0 saturated carbocycles. The maximum atomic E-state index is 10.8. The van der Waals surface area contributed by atoms with Crippen molar-refractivity contribution in [2.45, 2.75) is 0 Å². The van der Waals surface area contributed by atoms with E-state index in [-0.39, 0.29) is 10.7 Å². The number of rotatable bonds is 1. The average Bonchev–Trinajstić information content (AvgIpc) is 2.45. The fourth-order valence-electron chi connectivity index (χ4n) is 0.984. The van der Waals surface area contributed by atoms with Gasteiger partial charge >= 0.3 is 0 Å². The van der Waals surface area contributed by atoms with Crippen LogP contribution in [0.5, 0.6) is 0 Å². The third-order valence-electron chi connectivity index (χ3n) is 1.53. The largest absolute Gasteiger partial charge is 0.274 e. The lowest BCUT2D eigenvalue weighted by molar-refractivity contribution is 0.107. The van der Waals surface area contributed by atoms with Crippen LogP contribution in [0.25, 0.3) is 5.65 Å². The minimum atomic E-state index is -0.685. The number of fused-ring (bicyclic) bond motifs is 1. The van der Waals surface area contributed by atoms with Crippen molar-refractivity contribution in [3.63, 3.8) is 0 Å². The van der Waals surface area contributed by atoms with Crippen molar-refractivity contribution in [1.82, 2.24) is 14.6 Å². The molecule has 0 atom stereocenters. The summed E-state index contributed by atoms with van der Waals surface area (Å²) < 4.78 is 1.40. The maximum absolute atomic E-state index is 10.8. The van der Waals surface area contributed by atoms with Gasteiger partial charge in [-0.3, -0.25) is 4.79 Å². The minimum absolute atomic E-state index is 0.0297. The van der Waals surface area contributed by atoms with E-state index in [1.807, 2.05) is 0 Å². The molecule has 0 saturated heterocycles. The number of aromatic nitrogens is 3. The van der Waals surface area contributed by atoms with Crippen LogP contribution >= 0.6 is 23.2 Å². The van der Waals surface area contributed by atoms with E-state index < -0.39 is 5.24 Å². The van der Waals surface area contributed by atoms with E-state index in [0.717, 1.165) is 0 Å². The molecular formula is C7H3Cl2N3O. The van der Waals surface area contributed by atoms with Gasteiger partial charge in [0.25, 0.3) is 5.24 Å².